The molecule has 0 fully saturated rings. The molecule has 1 aromatic rings. The van der Waals surface area contributed by atoms with Crippen LogP contribution in [0.5, 0.6) is 0 Å². The molecule has 0 aliphatic carbocycles. The Bertz CT molecular complexity index is 462. The van der Waals surface area contributed by atoms with Crippen LogP contribution < -0.4 is 10.6 Å². The highest BCUT2D eigenvalue weighted by Gasteiger charge is 2.09. The monoisotopic (exact) mass is 356 g/mol. The quantitative estimate of drug-likeness (QED) is 0.553. The molecule has 0 saturated carbocycles. The first-order valence-electron chi connectivity index (χ1n) is 6.94. The standard InChI is InChI=1S/C15H21BrN2O3/c1-3-21-15(20)8-9-17-10-14(19)18-11(2)12-4-6-13(16)7-5-12/h4-7,11,17H,3,8-10H2,1-2H3,(H,18,19). The molecular formula is C15H21BrN2O3. The fourth-order valence-corrected chi connectivity index (χ4v) is 2.02. The highest BCUT2D eigenvalue weighted by molar-refractivity contribution is 9.10. The van der Waals surface area contributed by atoms with Crippen LogP contribution in [0.1, 0.15) is 31.9 Å². The minimum absolute atomic E-state index is 0.0579. The smallest absolute Gasteiger partial charge is 0.307 e. The van der Waals surface area contributed by atoms with Crippen molar-refractivity contribution < 1.29 is 14.3 Å². The molecule has 0 saturated heterocycles. The van der Waals surface area contributed by atoms with Gasteiger partial charge in [-0.3, -0.25) is 9.59 Å². The number of benzene rings is 1. The molecule has 1 unspecified atom stereocenters. The molecule has 6 heteroatoms. The average molecular weight is 357 g/mol. The zero-order valence-corrected chi connectivity index (χ0v) is 13.9. The van der Waals surface area contributed by atoms with Crippen LogP contribution in [0.4, 0.5) is 0 Å². The van der Waals surface area contributed by atoms with Gasteiger partial charge in [0.15, 0.2) is 0 Å². The summed E-state index contributed by atoms with van der Waals surface area (Å²) >= 11 is 3.38. The predicted molar refractivity (Wildman–Crippen MR) is 84.8 cm³/mol. The van der Waals surface area contributed by atoms with Gasteiger partial charge in [-0.15, -0.1) is 0 Å². The maximum atomic E-state index is 11.8. The zero-order chi connectivity index (χ0) is 15.7. The van der Waals surface area contributed by atoms with Crippen LogP contribution in [-0.2, 0) is 14.3 Å². The maximum absolute atomic E-state index is 11.8. The molecule has 1 aromatic carbocycles. The summed E-state index contributed by atoms with van der Waals surface area (Å²) in [6.07, 6.45) is 0.267. The van der Waals surface area contributed by atoms with Crippen molar-refractivity contribution in [2.24, 2.45) is 0 Å². The molecule has 2 N–H and O–H groups in total. The molecule has 0 bridgehead atoms. The number of hydrogen-bond donors (Lipinski definition) is 2. The SMILES string of the molecule is CCOC(=O)CCNCC(=O)NC(C)c1ccc(Br)cc1. The van der Waals surface area contributed by atoms with Crippen LogP contribution in [-0.4, -0.2) is 31.6 Å². The van der Waals surface area contributed by atoms with Gasteiger partial charge in [0.25, 0.3) is 0 Å². The van der Waals surface area contributed by atoms with Crippen molar-refractivity contribution in [3.63, 3.8) is 0 Å². The molecule has 0 radical (unpaired) electrons. The van der Waals surface area contributed by atoms with Gasteiger partial charge in [0.1, 0.15) is 0 Å². The van der Waals surface area contributed by atoms with Crippen molar-refractivity contribution in [2.75, 3.05) is 19.7 Å². The predicted octanol–water partition coefficient (Wildman–Crippen LogP) is 2.17. The Morgan fingerprint density at radius 3 is 2.57 bits per heavy atom. The lowest BCUT2D eigenvalue weighted by Gasteiger charge is -2.14. The first-order chi connectivity index (χ1) is 10.0. The molecule has 0 heterocycles. The molecule has 1 atom stereocenters. The number of nitrogens with one attached hydrogen (secondary N) is 2. The Hall–Kier alpha value is -1.40. The van der Waals surface area contributed by atoms with Gasteiger partial charge in [0.2, 0.25) is 5.91 Å². The number of carbonyl (C=O) groups is 2. The lowest BCUT2D eigenvalue weighted by molar-refractivity contribution is -0.143. The molecule has 0 aliphatic rings. The fraction of sp³-hybridized carbons (Fsp3) is 0.467. The molecule has 116 valence electrons. The summed E-state index contributed by atoms with van der Waals surface area (Å²) in [4.78, 5) is 22.9. The third-order valence-electron chi connectivity index (χ3n) is 2.84. The number of ether oxygens (including phenoxy) is 1. The van der Waals surface area contributed by atoms with E-state index in [1.807, 2.05) is 31.2 Å². The number of esters is 1. The summed E-state index contributed by atoms with van der Waals surface area (Å²) in [5.74, 6) is -0.358. The molecule has 21 heavy (non-hydrogen) atoms. The van der Waals surface area contributed by atoms with Gasteiger partial charge in [0.05, 0.1) is 25.6 Å². The molecule has 0 spiro atoms. The number of amides is 1. The first-order valence-corrected chi connectivity index (χ1v) is 7.73. The third-order valence-corrected chi connectivity index (χ3v) is 3.37. The number of rotatable bonds is 8. The van der Waals surface area contributed by atoms with Crippen LogP contribution in [0, 0.1) is 0 Å². The van der Waals surface area contributed by atoms with E-state index in [2.05, 4.69) is 26.6 Å². The second kappa shape index (κ2) is 9.52. The van der Waals surface area contributed by atoms with Gasteiger partial charge < -0.3 is 15.4 Å². The average Bonchev–Trinajstić information content (AvgIpc) is 2.44. The van der Waals surface area contributed by atoms with E-state index in [-0.39, 0.29) is 30.9 Å². The Kier molecular flexibility index (Phi) is 8.00. The zero-order valence-electron chi connectivity index (χ0n) is 12.3. The molecule has 1 rings (SSSR count). The topological polar surface area (TPSA) is 67.4 Å². The van der Waals surface area contributed by atoms with Crippen LogP contribution in [0.15, 0.2) is 28.7 Å². The Labute approximate surface area is 133 Å². The Morgan fingerprint density at radius 2 is 1.95 bits per heavy atom. The molecule has 0 aromatic heterocycles. The number of carbonyl (C=O) groups excluding carboxylic acids is 2. The van der Waals surface area contributed by atoms with Crippen molar-refractivity contribution in [3.8, 4) is 0 Å². The van der Waals surface area contributed by atoms with E-state index in [0.717, 1.165) is 10.0 Å². The summed E-state index contributed by atoms with van der Waals surface area (Å²) in [5.41, 5.74) is 1.04. The lowest BCUT2D eigenvalue weighted by Crippen LogP contribution is -2.36. The largest absolute Gasteiger partial charge is 0.466 e. The Balaban J connectivity index is 2.24. The van der Waals surface area contributed by atoms with Crippen LogP contribution in [0.3, 0.4) is 0 Å². The molecule has 5 nitrogen and oxygen atoms in total. The van der Waals surface area contributed by atoms with E-state index < -0.39 is 0 Å². The lowest BCUT2D eigenvalue weighted by atomic mass is 10.1. The highest BCUT2D eigenvalue weighted by Crippen LogP contribution is 2.16. The third kappa shape index (κ3) is 7.24. The first kappa shape index (κ1) is 17.7. The number of halogens is 1. The summed E-state index contributed by atoms with van der Waals surface area (Å²) in [7, 11) is 0. The summed E-state index contributed by atoms with van der Waals surface area (Å²) in [6, 6.07) is 7.75. The van der Waals surface area contributed by atoms with Crippen molar-refractivity contribution in [1.82, 2.24) is 10.6 Å². The minimum Gasteiger partial charge on any atom is -0.466 e. The van der Waals surface area contributed by atoms with Gasteiger partial charge in [-0.25, -0.2) is 0 Å². The molecule has 1 amide bonds. The minimum atomic E-state index is -0.256. The fourth-order valence-electron chi connectivity index (χ4n) is 1.75. The highest BCUT2D eigenvalue weighted by atomic mass is 79.9. The van der Waals surface area contributed by atoms with E-state index in [1.54, 1.807) is 6.92 Å². The van der Waals surface area contributed by atoms with Crippen molar-refractivity contribution in [3.05, 3.63) is 34.3 Å². The van der Waals surface area contributed by atoms with Gasteiger partial charge in [0, 0.05) is 11.0 Å². The van der Waals surface area contributed by atoms with E-state index in [4.69, 9.17) is 4.74 Å². The van der Waals surface area contributed by atoms with Gasteiger partial charge in [-0.1, -0.05) is 28.1 Å². The van der Waals surface area contributed by atoms with Crippen molar-refractivity contribution in [1.29, 1.82) is 0 Å². The van der Waals surface area contributed by atoms with E-state index >= 15 is 0 Å². The van der Waals surface area contributed by atoms with E-state index in [1.165, 1.54) is 0 Å². The van der Waals surface area contributed by atoms with Gasteiger partial charge in [-0.05, 0) is 31.5 Å². The number of hydrogen-bond acceptors (Lipinski definition) is 4. The normalized spacial score (nSPS) is 11.8. The second-order valence-corrected chi connectivity index (χ2v) is 5.49. The van der Waals surface area contributed by atoms with Crippen molar-refractivity contribution >= 4 is 27.8 Å². The van der Waals surface area contributed by atoms with Gasteiger partial charge in [-0.2, -0.15) is 0 Å². The summed E-state index contributed by atoms with van der Waals surface area (Å²) in [5, 5.41) is 5.82. The van der Waals surface area contributed by atoms with Crippen LogP contribution >= 0.6 is 15.9 Å². The van der Waals surface area contributed by atoms with Crippen LogP contribution in [0.25, 0.3) is 0 Å². The van der Waals surface area contributed by atoms with Crippen molar-refractivity contribution in [2.45, 2.75) is 26.3 Å². The second-order valence-electron chi connectivity index (χ2n) is 4.57. The van der Waals surface area contributed by atoms with E-state index in [0.29, 0.717) is 13.2 Å². The summed E-state index contributed by atoms with van der Waals surface area (Å²) < 4.78 is 5.80. The molecule has 0 aliphatic heterocycles. The molecular weight excluding hydrogens is 336 g/mol. The van der Waals surface area contributed by atoms with Gasteiger partial charge >= 0.3 is 5.97 Å². The maximum Gasteiger partial charge on any atom is 0.307 e. The Morgan fingerprint density at radius 1 is 1.29 bits per heavy atom. The summed E-state index contributed by atoms with van der Waals surface area (Å²) in [6.45, 7) is 4.69. The van der Waals surface area contributed by atoms with E-state index in [9.17, 15) is 9.59 Å². The van der Waals surface area contributed by atoms with Crippen LogP contribution in [0.2, 0.25) is 0 Å².